The summed E-state index contributed by atoms with van der Waals surface area (Å²) in [5.41, 5.74) is 1.58. The molecule has 2 aromatic rings. The number of benzene rings is 1. The van der Waals surface area contributed by atoms with Crippen LogP contribution in [0.1, 0.15) is 16.1 Å². The maximum atomic E-state index is 11.1. The number of hydrogen-bond donors (Lipinski definition) is 2. The number of carbonyl (C=O) groups is 1. The average molecular weight is 345 g/mol. The Bertz CT molecular complexity index is 627. The number of rotatable bonds is 4. The molecule has 0 atom stereocenters. The topological polar surface area (TPSA) is 67.2 Å². The molecule has 0 radical (unpaired) electrons. The highest BCUT2D eigenvalue weighted by Crippen LogP contribution is 2.30. The molecule has 1 aromatic carbocycles. The van der Waals surface area contributed by atoms with Gasteiger partial charge in [0, 0.05) is 7.05 Å². The second-order valence-corrected chi connectivity index (χ2v) is 5.09. The van der Waals surface area contributed by atoms with Gasteiger partial charge in [-0.2, -0.15) is 5.10 Å². The smallest absolute Gasteiger partial charge is 0.339 e. The summed E-state index contributed by atoms with van der Waals surface area (Å²) in [6.45, 7) is 0.344. The Hall–Kier alpha value is -1.53. The molecule has 0 aliphatic rings. The van der Waals surface area contributed by atoms with Crippen molar-refractivity contribution in [3.8, 4) is 0 Å². The van der Waals surface area contributed by atoms with Gasteiger partial charge in [0.1, 0.15) is 5.56 Å². The van der Waals surface area contributed by atoms with Gasteiger partial charge in [-0.05, 0) is 28.1 Å². The van der Waals surface area contributed by atoms with Crippen LogP contribution in [0.3, 0.4) is 0 Å². The number of aromatic carboxylic acids is 1. The van der Waals surface area contributed by atoms with Crippen molar-refractivity contribution >= 4 is 39.2 Å². The number of nitrogens with one attached hydrogen (secondary N) is 1. The Balaban J connectivity index is 2.21. The number of carboxylic acids is 1. The maximum absolute atomic E-state index is 11.1. The number of anilines is 1. The van der Waals surface area contributed by atoms with Gasteiger partial charge in [0.25, 0.3) is 0 Å². The van der Waals surface area contributed by atoms with Crippen LogP contribution in [0.25, 0.3) is 0 Å². The van der Waals surface area contributed by atoms with Crippen molar-refractivity contribution in [3.63, 3.8) is 0 Å². The molecular weight excluding hydrogens is 334 g/mol. The van der Waals surface area contributed by atoms with Crippen molar-refractivity contribution in [2.45, 2.75) is 6.54 Å². The zero-order chi connectivity index (χ0) is 14.0. The molecule has 0 saturated heterocycles. The van der Waals surface area contributed by atoms with E-state index in [1.54, 1.807) is 13.1 Å². The molecule has 5 nitrogen and oxygen atoms in total. The third-order valence-electron chi connectivity index (χ3n) is 2.69. The normalized spacial score (nSPS) is 10.5. The van der Waals surface area contributed by atoms with Gasteiger partial charge in [0.05, 0.1) is 33.6 Å². The monoisotopic (exact) mass is 343 g/mol. The lowest BCUT2D eigenvalue weighted by molar-refractivity contribution is 0.0695. The van der Waals surface area contributed by atoms with Crippen LogP contribution < -0.4 is 5.32 Å². The Kier molecular flexibility index (Phi) is 4.11. The number of halogens is 2. The minimum absolute atomic E-state index is 0.188. The van der Waals surface area contributed by atoms with Crippen LogP contribution >= 0.6 is 27.5 Å². The molecule has 100 valence electrons. The minimum atomic E-state index is -0.991. The highest BCUT2D eigenvalue weighted by Gasteiger charge is 2.15. The van der Waals surface area contributed by atoms with E-state index in [1.165, 1.54) is 10.9 Å². The molecule has 0 fully saturated rings. The second-order valence-electron chi connectivity index (χ2n) is 3.89. The molecular formula is C12H11BrClN3O2. The van der Waals surface area contributed by atoms with Gasteiger partial charge in [-0.3, -0.25) is 4.68 Å². The Morgan fingerprint density at radius 2 is 2.32 bits per heavy atom. The van der Waals surface area contributed by atoms with Crippen LogP contribution in [-0.4, -0.2) is 20.9 Å². The SMILES string of the molecule is Cn1ncc(C(=O)O)c1CNc1cccc(Cl)c1Br. The van der Waals surface area contributed by atoms with E-state index in [0.29, 0.717) is 17.3 Å². The number of aryl methyl sites for hydroxylation is 1. The van der Waals surface area contributed by atoms with Gasteiger partial charge in [0.2, 0.25) is 0 Å². The van der Waals surface area contributed by atoms with Gasteiger partial charge >= 0.3 is 5.97 Å². The van der Waals surface area contributed by atoms with Crippen LogP contribution in [0.4, 0.5) is 5.69 Å². The zero-order valence-electron chi connectivity index (χ0n) is 10.0. The van der Waals surface area contributed by atoms with E-state index in [-0.39, 0.29) is 5.56 Å². The molecule has 0 aliphatic carbocycles. The first-order valence-electron chi connectivity index (χ1n) is 5.42. The largest absolute Gasteiger partial charge is 0.478 e. The fourth-order valence-electron chi connectivity index (χ4n) is 1.67. The van der Waals surface area contributed by atoms with E-state index < -0.39 is 5.97 Å². The number of aromatic nitrogens is 2. The van der Waals surface area contributed by atoms with E-state index >= 15 is 0 Å². The second kappa shape index (κ2) is 5.63. The first-order valence-corrected chi connectivity index (χ1v) is 6.60. The fraction of sp³-hybridized carbons (Fsp3) is 0.167. The van der Waals surface area contributed by atoms with Crippen molar-refractivity contribution in [2.24, 2.45) is 7.05 Å². The number of carboxylic acid groups (broad SMARTS) is 1. The molecule has 0 saturated carbocycles. The summed E-state index contributed by atoms with van der Waals surface area (Å²) in [5, 5.41) is 16.7. The van der Waals surface area contributed by atoms with Crippen molar-refractivity contribution in [1.82, 2.24) is 9.78 Å². The molecule has 0 unspecified atom stereocenters. The third-order valence-corrected chi connectivity index (χ3v) is 4.09. The molecule has 1 heterocycles. The van der Waals surface area contributed by atoms with Crippen molar-refractivity contribution in [2.75, 3.05) is 5.32 Å². The van der Waals surface area contributed by atoms with E-state index in [0.717, 1.165) is 10.2 Å². The summed E-state index contributed by atoms with van der Waals surface area (Å²) in [6, 6.07) is 5.44. The number of nitrogens with zero attached hydrogens (tertiary/aromatic N) is 2. The third kappa shape index (κ3) is 2.90. The number of hydrogen-bond acceptors (Lipinski definition) is 3. The molecule has 2 N–H and O–H groups in total. The van der Waals surface area contributed by atoms with Crippen molar-refractivity contribution in [3.05, 3.63) is 45.1 Å². The first kappa shape index (κ1) is 13.9. The highest BCUT2D eigenvalue weighted by molar-refractivity contribution is 9.10. The van der Waals surface area contributed by atoms with Gasteiger partial charge in [0.15, 0.2) is 0 Å². The standard InChI is InChI=1S/C12H11BrClN3O2/c1-17-10(7(5-16-17)12(18)19)6-15-9-4-2-3-8(14)11(9)13/h2-5,15H,6H2,1H3,(H,18,19). The summed E-state index contributed by atoms with van der Waals surface area (Å²) in [4.78, 5) is 11.1. The van der Waals surface area contributed by atoms with Gasteiger partial charge in [-0.25, -0.2) is 4.79 Å². The molecule has 0 bridgehead atoms. The summed E-state index contributed by atoms with van der Waals surface area (Å²) in [7, 11) is 1.70. The fourth-order valence-corrected chi connectivity index (χ4v) is 2.25. The quantitative estimate of drug-likeness (QED) is 0.894. The molecule has 0 aliphatic heterocycles. The molecule has 7 heteroatoms. The van der Waals surface area contributed by atoms with Crippen molar-refractivity contribution in [1.29, 1.82) is 0 Å². The average Bonchev–Trinajstić information content (AvgIpc) is 2.73. The lowest BCUT2D eigenvalue weighted by Gasteiger charge is -2.10. The summed E-state index contributed by atoms with van der Waals surface area (Å²) in [5.74, 6) is -0.991. The molecule has 2 rings (SSSR count). The van der Waals surface area contributed by atoms with Gasteiger partial charge in [-0.1, -0.05) is 17.7 Å². The summed E-state index contributed by atoms with van der Waals surface area (Å²) >= 11 is 9.37. The van der Waals surface area contributed by atoms with E-state index in [2.05, 4.69) is 26.3 Å². The lowest BCUT2D eigenvalue weighted by Crippen LogP contribution is -2.10. The van der Waals surface area contributed by atoms with Gasteiger partial charge in [-0.15, -0.1) is 0 Å². The molecule has 19 heavy (non-hydrogen) atoms. The predicted molar refractivity (Wildman–Crippen MR) is 76.6 cm³/mol. The van der Waals surface area contributed by atoms with E-state index in [1.807, 2.05) is 12.1 Å². The summed E-state index contributed by atoms with van der Waals surface area (Å²) < 4.78 is 2.28. The Labute approximate surface area is 123 Å². The highest BCUT2D eigenvalue weighted by atomic mass is 79.9. The maximum Gasteiger partial charge on any atom is 0.339 e. The van der Waals surface area contributed by atoms with Crippen LogP contribution in [-0.2, 0) is 13.6 Å². The van der Waals surface area contributed by atoms with Crippen LogP contribution in [0.15, 0.2) is 28.9 Å². The van der Waals surface area contributed by atoms with Crippen LogP contribution in [0.5, 0.6) is 0 Å². The van der Waals surface area contributed by atoms with Crippen molar-refractivity contribution < 1.29 is 9.90 Å². The minimum Gasteiger partial charge on any atom is -0.478 e. The Morgan fingerprint density at radius 1 is 1.58 bits per heavy atom. The lowest BCUT2D eigenvalue weighted by atomic mass is 10.2. The zero-order valence-corrected chi connectivity index (χ0v) is 12.4. The summed E-state index contributed by atoms with van der Waals surface area (Å²) in [6.07, 6.45) is 1.34. The molecule has 0 spiro atoms. The molecule has 1 aromatic heterocycles. The van der Waals surface area contributed by atoms with E-state index in [4.69, 9.17) is 16.7 Å². The van der Waals surface area contributed by atoms with Gasteiger partial charge < -0.3 is 10.4 Å². The van der Waals surface area contributed by atoms with Crippen LogP contribution in [0, 0.1) is 0 Å². The first-order chi connectivity index (χ1) is 9.00. The predicted octanol–water partition coefficient (Wildman–Crippen LogP) is 3.15. The molecule has 0 amide bonds. The Morgan fingerprint density at radius 3 is 3.00 bits per heavy atom. The van der Waals surface area contributed by atoms with E-state index in [9.17, 15) is 4.79 Å². The van der Waals surface area contributed by atoms with Crippen LogP contribution in [0.2, 0.25) is 5.02 Å².